The third-order valence-electron chi connectivity index (χ3n) is 5.74. The van der Waals surface area contributed by atoms with Crippen molar-refractivity contribution in [2.24, 2.45) is 0 Å². The van der Waals surface area contributed by atoms with Gasteiger partial charge in [0.15, 0.2) is 6.29 Å². The van der Waals surface area contributed by atoms with E-state index in [9.17, 15) is 10.2 Å². The van der Waals surface area contributed by atoms with Crippen molar-refractivity contribution in [1.29, 1.82) is 0 Å². The summed E-state index contributed by atoms with van der Waals surface area (Å²) in [6.45, 7) is -0.104. The van der Waals surface area contributed by atoms with Crippen LogP contribution in [0.3, 0.4) is 0 Å². The molecule has 24 heavy (non-hydrogen) atoms. The Morgan fingerprint density at radius 2 is 1.96 bits per heavy atom. The Morgan fingerprint density at radius 1 is 1.25 bits per heavy atom. The minimum absolute atomic E-state index is 0.0946. The molecule has 2 N–H and O–H groups in total. The summed E-state index contributed by atoms with van der Waals surface area (Å²) < 4.78 is 7.18. The zero-order valence-corrected chi connectivity index (χ0v) is 14.8. The first-order valence-electron chi connectivity index (χ1n) is 8.80. The second-order valence-electron chi connectivity index (χ2n) is 7.15. The number of aliphatic hydroxyl groups is 2. The van der Waals surface area contributed by atoms with Gasteiger partial charge in [-0.25, -0.2) is 0 Å². The third-order valence-corrected chi connectivity index (χ3v) is 6.99. The number of piperidine rings is 1. The summed E-state index contributed by atoms with van der Waals surface area (Å²) in [5.74, 6) is -0.375. The molecule has 1 aromatic carbocycles. The Bertz CT molecular complexity index is 656. The van der Waals surface area contributed by atoms with Gasteiger partial charge < -0.3 is 19.8 Å². The molecule has 4 unspecified atom stereocenters. The van der Waals surface area contributed by atoms with Gasteiger partial charge in [0, 0.05) is 21.7 Å². The normalized spacial score (nSPS) is 29.9. The summed E-state index contributed by atoms with van der Waals surface area (Å²) in [6, 6.07) is 11.4. The summed E-state index contributed by atoms with van der Waals surface area (Å²) in [4.78, 5) is 3.45. The van der Waals surface area contributed by atoms with Gasteiger partial charge in [-0.2, -0.15) is 0 Å². The molecule has 2 saturated heterocycles. The molecule has 0 amide bonds. The van der Waals surface area contributed by atoms with Crippen LogP contribution in [0.4, 0.5) is 0 Å². The van der Waals surface area contributed by atoms with Gasteiger partial charge in [0.2, 0.25) is 0 Å². The molecule has 4 rings (SSSR count). The smallest absolute Gasteiger partial charge is 0.164 e. The standard InChI is InChI=1S/C19H25NO3S/c1-20-13-6-7-14(20)10-15(9-13)23-19(22)16(11-21)18-8-12-4-2-3-5-17(12)24-18/h2-5,8,13-16,19,21-22H,6-7,9-11H2,1H3. The first-order chi connectivity index (χ1) is 11.7. The van der Waals surface area contributed by atoms with Crippen molar-refractivity contribution in [3.8, 4) is 0 Å². The lowest BCUT2D eigenvalue weighted by Gasteiger charge is -2.37. The molecule has 2 aliphatic heterocycles. The molecular formula is C19H25NO3S. The molecule has 5 heteroatoms. The highest BCUT2D eigenvalue weighted by Gasteiger charge is 2.40. The van der Waals surface area contributed by atoms with Crippen molar-refractivity contribution < 1.29 is 14.9 Å². The summed E-state index contributed by atoms with van der Waals surface area (Å²) >= 11 is 1.63. The van der Waals surface area contributed by atoms with Crippen LogP contribution in [-0.2, 0) is 4.74 Å². The molecule has 0 saturated carbocycles. The fourth-order valence-electron chi connectivity index (χ4n) is 4.27. The van der Waals surface area contributed by atoms with Gasteiger partial charge in [0.1, 0.15) is 0 Å². The maximum absolute atomic E-state index is 10.6. The quantitative estimate of drug-likeness (QED) is 0.817. The van der Waals surface area contributed by atoms with E-state index in [0.717, 1.165) is 23.1 Å². The number of rotatable bonds is 5. The summed E-state index contributed by atoms with van der Waals surface area (Å²) in [5, 5.41) is 21.6. The zero-order chi connectivity index (χ0) is 16.7. The van der Waals surface area contributed by atoms with E-state index < -0.39 is 6.29 Å². The number of nitrogens with zero attached hydrogens (tertiary/aromatic N) is 1. The topological polar surface area (TPSA) is 52.9 Å². The van der Waals surface area contributed by atoms with E-state index in [-0.39, 0.29) is 18.6 Å². The zero-order valence-electron chi connectivity index (χ0n) is 14.0. The number of fused-ring (bicyclic) bond motifs is 3. The second-order valence-corrected chi connectivity index (χ2v) is 8.26. The summed E-state index contributed by atoms with van der Waals surface area (Å²) in [7, 11) is 2.20. The molecule has 1 aromatic heterocycles. The molecule has 2 fully saturated rings. The Morgan fingerprint density at radius 3 is 2.62 bits per heavy atom. The Hall–Kier alpha value is -0.980. The first kappa shape index (κ1) is 16.5. The van der Waals surface area contributed by atoms with Gasteiger partial charge in [-0.05, 0) is 50.2 Å². The van der Waals surface area contributed by atoms with E-state index in [1.165, 1.54) is 17.5 Å². The van der Waals surface area contributed by atoms with E-state index in [1.807, 2.05) is 12.1 Å². The molecular weight excluding hydrogens is 322 g/mol. The molecule has 3 heterocycles. The monoisotopic (exact) mass is 347 g/mol. The second kappa shape index (κ2) is 6.73. The van der Waals surface area contributed by atoms with Crippen molar-refractivity contribution in [3.05, 3.63) is 35.2 Å². The van der Waals surface area contributed by atoms with Crippen LogP contribution in [-0.4, -0.2) is 53.2 Å². The number of aliphatic hydroxyl groups excluding tert-OH is 2. The Kier molecular flexibility index (Phi) is 4.62. The van der Waals surface area contributed by atoms with Crippen molar-refractivity contribution in [2.45, 2.75) is 56.1 Å². The van der Waals surface area contributed by atoms with Gasteiger partial charge in [-0.15, -0.1) is 11.3 Å². The minimum Gasteiger partial charge on any atom is -0.396 e. The summed E-state index contributed by atoms with van der Waals surface area (Å²) in [5.41, 5.74) is 0. The van der Waals surface area contributed by atoms with E-state index in [4.69, 9.17) is 4.74 Å². The number of thiophene rings is 1. The van der Waals surface area contributed by atoms with Crippen LogP contribution in [0.5, 0.6) is 0 Å². The van der Waals surface area contributed by atoms with Crippen LogP contribution in [0.1, 0.15) is 36.5 Å². The van der Waals surface area contributed by atoms with Crippen molar-refractivity contribution in [2.75, 3.05) is 13.7 Å². The minimum atomic E-state index is -0.948. The molecule has 0 spiro atoms. The van der Waals surface area contributed by atoms with Crippen LogP contribution in [0, 0.1) is 0 Å². The van der Waals surface area contributed by atoms with E-state index >= 15 is 0 Å². The van der Waals surface area contributed by atoms with Crippen LogP contribution < -0.4 is 0 Å². The van der Waals surface area contributed by atoms with Crippen molar-refractivity contribution in [1.82, 2.24) is 4.90 Å². The van der Waals surface area contributed by atoms with Crippen molar-refractivity contribution in [3.63, 3.8) is 0 Å². The number of benzene rings is 1. The largest absolute Gasteiger partial charge is 0.396 e. The van der Waals surface area contributed by atoms with Crippen LogP contribution in [0.15, 0.2) is 30.3 Å². The first-order valence-corrected chi connectivity index (χ1v) is 9.62. The highest BCUT2D eigenvalue weighted by molar-refractivity contribution is 7.19. The SMILES string of the molecule is CN1C2CCC1CC(OC(O)C(CO)c1cc3ccccc3s1)C2. The van der Waals surface area contributed by atoms with Gasteiger partial charge >= 0.3 is 0 Å². The molecule has 4 atom stereocenters. The molecule has 2 aliphatic rings. The lowest BCUT2D eigenvalue weighted by Crippen LogP contribution is -2.44. The molecule has 0 radical (unpaired) electrons. The average Bonchev–Trinajstić information content (AvgIpc) is 3.06. The van der Waals surface area contributed by atoms with Crippen LogP contribution in [0.25, 0.3) is 10.1 Å². The van der Waals surface area contributed by atoms with E-state index in [2.05, 4.69) is 30.1 Å². The molecule has 130 valence electrons. The Balaban J connectivity index is 1.46. The van der Waals surface area contributed by atoms with Crippen LogP contribution in [0.2, 0.25) is 0 Å². The average molecular weight is 347 g/mol. The Labute approximate surface area is 146 Å². The third kappa shape index (κ3) is 3.00. The van der Waals surface area contributed by atoms with Crippen LogP contribution >= 0.6 is 11.3 Å². The van der Waals surface area contributed by atoms with Gasteiger partial charge in [0.05, 0.1) is 18.6 Å². The molecule has 2 aromatic rings. The van der Waals surface area contributed by atoms with E-state index in [0.29, 0.717) is 12.1 Å². The predicted octanol–water partition coefficient (Wildman–Crippen LogP) is 2.94. The van der Waals surface area contributed by atoms with Gasteiger partial charge in [-0.3, -0.25) is 0 Å². The molecule has 0 aliphatic carbocycles. The molecule has 2 bridgehead atoms. The maximum atomic E-state index is 10.6. The van der Waals surface area contributed by atoms with Crippen molar-refractivity contribution >= 4 is 21.4 Å². The van der Waals surface area contributed by atoms with Gasteiger partial charge in [-0.1, -0.05) is 18.2 Å². The highest BCUT2D eigenvalue weighted by Crippen LogP contribution is 2.38. The fourth-order valence-corrected chi connectivity index (χ4v) is 5.44. The highest BCUT2D eigenvalue weighted by atomic mass is 32.1. The number of hydrogen-bond acceptors (Lipinski definition) is 5. The maximum Gasteiger partial charge on any atom is 0.164 e. The van der Waals surface area contributed by atoms with Gasteiger partial charge in [0.25, 0.3) is 0 Å². The lowest BCUT2D eigenvalue weighted by molar-refractivity contribution is -0.169. The van der Waals surface area contributed by atoms with E-state index in [1.54, 1.807) is 11.3 Å². The molecule has 4 nitrogen and oxygen atoms in total. The number of hydrogen-bond donors (Lipinski definition) is 2. The number of ether oxygens (including phenoxy) is 1. The lowest BCUT2D eigenvalue weighted by atomic mass is 10.00. The fraction of sp³-hybridized carbons (Fsp3) is 0.579. The summed E-state index contributed by atoms with van der Waals surface area (Å²) in [6.07, 6.45) is 3.57. The predicted molar refractivity (Wildman–Crippen MR) is 96.3 cm³/mol.